The largest absolute Gasteiger partial charge is 0.508 e. The summed E-state index contributed by atoms with van der Waals surface area (Å²) < 4.78 is 15.8. The van der Waals surface area contributed by atoms with Crippen molar-refractivity contribution < 1.29 is 14.6 Å². The van der Waals surface area contributed by atoms with Crippen LogP contribution >= 0.6 is 0 Å². The average Bonchev–Trinajstić information content (AvgIpc) is 2.70. The van der Waals surface area contributed by atoms with E-state index in [1.807, 2.05) is 30.3 Å². The number of nitrogens with zero attached hydrogens (tertiary/aromatic N) is 1. The van der Waals surface area contributed by atoms with E-state index in [1.165, 1.54) is 22.8 Å². The molecule has 0 radical (unpaired) electrons. The third-order valence-electron chi connectivity index (χ3n) is 5.21. The molecular formula is C24H20FNO3. The van der Waals surface area contributed by atoms with Gasteiger partial charge in [-0.3, -0.25) is 4.79 Å². The molecule has 1 heterocycles. The summed E-state index contributed by atoms with van der Waals surface area (Å²) in [7, 11) is 0. The Hall–Kier alpha value is -3.60. The van der Waals surface area contributed by atoms with Crippen molar-refractivity contribution in [2.45, 2.75) is 19.9 Å². The lowest BCUT2D eigenvalue weighted by Crippen LogP contribution is -2.26. The van der Waals surface area contributed by atoms with Gasteiger partial charge in [0, 0.05) is 29.5 Å². The van der Waals surface area contributed by atoms with Crippen molar-refractivity contribution in [2.24, 2.45) is 0 Å². The summed E-state index contributed by atoms with van der Waals surface area (Å²) in [5.74, 6) is -0.623. The first kappa shape index (κ1) is 18.7. The number of fused-ring (bicyclic) bond motifs is 1. The maximum absolute atomic E-state index is 14.2. The van der Waals surface area contributed by atoms with Gasteiger partial charge in [-0.05, 0) is 29.7 Å². The monoisotopic (exact) mass is 389 g/mol. The van der Waals surface area contributed by atoms with Crippen molar-refractivity contribution in [3.63, 3.8) is 0 Å². The summed E-state index contributed by atoms with van der Waals surface area (Å²) in [5, 5.41) is 21.0. The fraction of sp³-hybridized carbons (Fsp3) is 0.125. The van der Waals surface area contributed by atoms with E-state index in [4.69, 9.17) is 0 Å². The van der Waals surface area contributed by atoms with Crippen molar-refractivity contribution in [1.29, 1.82) is 0 Å². The highest BCUT2D eigenvalue weighted by Crippen LogP contribution is 2.33. The van der Waals surface area contributed by atoms with Crippen molar-refractivity contribution in [3.8, 4) is 11.5 Å². The average molecular weight is 389 g/mol. The van der Waals surface area contributed by atoms with E-state index in [0.717, 1.165) is 5.56 Å². The lowest BCUT2D eigenvalue weighted by atomic mass is 9.97. The lowest BCUT2D eigenvalue weighted by Gasteiger charge is -2.18. The van der Waals surface area contributed by atoms with Gasteiger partial charge in [0.05, 0.1) is 12.1 Å². The summed E-state index contributed by atoms with van der Waals surface area (Å²) in [6.07, 6.45) is 0.113. The maximum Gasteiger partial charge on any atom is 0.255 e. The zero-order chi connectivity index (χ0) is 20.5. The van der Waals surface area contributed by atoms with Gasteiger partial charge in [0.2, 0.25) is 0 Å². The van der Waals surface area contributed by atoms with Crippen molar-refractivity contribution in [2.75, 3.05) is 0 Å². The van der Waals surface area contributed by atoms with Crippen LogP contribution < -0.4 is 5.56 Å². The first-order chi connectivity index (χ1) is 14.0. The zero-order valence-electron chi connectivity index (χ0n) is 15.9. The predicted molar refractivity (Wildman–Crippen MR) is 111 cm³/mol. The smallest absolute Gasteiger partial charge is 0.255 e. The fourth-order valence-corrected chi connectivity index (χ4v) is 3.74. The molecule has 146 valence electrons. The zero-order valence-corrected chi connectivity index (χ0v) is 15.9. The van der Waals surface area contributed by atoms with Crippen LogP contribution in [0.1, 0.15) is 22.3 Å². The molecule has 4 nitrogen and oxygen atoms in total. The SMILES string of the molecule is Cc1c(Cc2ccccc2F)c(=O)n(Cc2ccccc2)c2cc(O)cc(O)c12. The minimum atomic E-state index is -0.379. The normalized spacial score (nSPS) is 11.1. The van der Waals surface area contributed by atoms with Crippen LogP contribution in [0.5, 0.6) is 11.5 Å². The van der Waals surface area contributed by atoms with Crippen molar-refractivity contribution in [3.05, 3.63) is 105 Å². The Bertz CT molecular complexity index is 1260. The van der Waals surface area contributed by atoms with Gasteiger partial charge in [-0.15, -0.1) is 0 Å². The molecule has 29 heavy (non-hydrogen) atoms. The van der Waals surface area contributed by atoms with E-state index in [-0.39, 0.29) is 35.8 Å². The molecule has 4 aromatic rings. The Morgan fingerprint density at radius 2 is 1.66 bits per heavy atom. The Morgan fingerprint density at radius 3 is 2.38 bits per heavy atom. The second-order valence-electron chi connectivity index (χ2n) is 7.11. The molecule has 1 aromatic heterocycles. The molecule has 0 spiro atoms. The van der Waals surface area contributed by atoms with E-state index in [0.29, 0.717) is 27.6 Å². The molecule has 0 atom stereocenters. The molecule has 0 aliphatic rings. The number of pyridine rings is 1. The van der Waals surface area contributed by atoms with Crippen LogP contribution in [0.25, 0.3) is 10.9 Å². The summed E-state index contributed by atoms with van der Waals surface area (Å²) in [4.78, 5) is 13.4. The molecule has 3 aromatic carbocycles. The Labute approximate surface area is 167 Å². The van der Waals surface area contributed by atoms with Crippen LogP contribution in [-0.4, -0.2) is 14.8 Å². The van der Waals surface area contributed by atoms with Crippen LogP contribution in [0.4, 0.5) is 4.39 Å². The van der Waals surface area contributed by atoms with Gasteiger partial charge in [-0.25, -0.2) is 4.39 Å². The number of rotatable bonds is 4. The van der Waals surface area contributed by atoms with E-state index >= 15 is 0 Å². The number of hydrogen-bond acceptors (Lipinski definition) is 3. The molecular weight excluding hydrogens is 369 g/mol. The number of aromatic nitrogens is 1. The predicted octanol–water partition coefficient (Wildman–Crippen LogP) is 4.50. The molecule has 0 bridgehead atoms. The first-order valence-corrected chi connectivity index (χ1v) is 9.31. The highest BCUT2D eigenvalue weighted by molar-refractivity contribution is 5.90. The minimum Gasteiger partial charge on any atom is -0.508 e. The van der Waals surface area contributed by atoms with E-state index in [9.17, 15) is 19.4 Å². The molecule has 0 amide bonds. The Morgan fingerprint density at radius 1 is 0.966 bits per heavy atom. The van der Waals surface area contributed by atoms with Crippen molar-refractivity contribution in [1.82, 2.24) is 4.57 Å². The van der Waals surface area contributed by atoms with Crippen LogP contribution in [0.2, 0.25) is 0 Å². The summed E-state index contributed by atoms with van der Waals surface area (Å²) in [6.45, 7) is 2.01. The van der Waals surface area contributed by atoms with Crippen LogP contribution in [-0.2, 0) is 13.0 Å². The quantitative estimate of drug-likeness (QED) is 0.540. The van der Waals surface area contributed by atoms with E-state index in [2.05, 4.69) is 0 Å². The minimum absolute atomic E-state index is 0.113. The number of aryl methyl sites for hydroxylation is 1. The van der Waals surface area contributed by atoms with E-state index in [1.54, 1.807) is 25.1 Å². The van der Waals surface area contributed by atoms with Crippen LogP contribution in [0.15, 0.2) is 71.5 Å². The van der Waals surface area contributed by atoms with Gasteiger partial charge in [-0.1, -0.05) is 48.5 Å². The lowest BCUT2D eigenvalue weighted by molar-refractivity contribution is 0.454. The second-order valence-corrected chi connectivity index (χ2v) is 7.11. The second kappa shape index (κ2) is 7.43. The van der Waals surface area contributed by atoms with E-state index < -0.39 is 0 Å². The molecule has 0 unspecified atom stereocenters. The molecule has 2 N–H and O–H groups in total. The van der Waals surface area contributed by atoms with Gasteiger partial charge in [0.15, 0.2) is 0 Å². The molecule has 0 saturated heterocycles. The third kappa shape index (κ3) is 3.47. The summed E-state index contributed by atoms with van der Waals surface area (Å²) in [5.41, 5.74) is 2.48. The van der Waals surface area contributed by atoms with Crippen molar-refractivity contribution >= 4 is 10.9 Å². The van der Waals surface area contributed by atoms with Crippen LogP contribution in [0, 0.1) is 12.7 Å². The number of hydrogen-bond donors (Lipinski definition) is 2. The van der Waals surface area contributed by atoms with Gasteiger partial charge >= 0.3 is 0 Å². The highest BCUT2D eigenvalue weighted by Gasteiger charge is 2.19. The Balaban J connectivity index is 1.99. The fourth-order valence-electron chi connectivity index (χ4n) is 3.74. The number of phenols is 2. The molecule has 5 heteroatoms. The van der Waals surface area contributed by atoms with Gasteiger partial charge in [0.1, 0.15) is 17.3 Å². The molecule has 0 fully saturated rings. The highest BCUT2D eigenvalue weighted by atomic mass is 19.1. The number of aromatic hydroxyl groups is 2. The summed E-state index contributed by atoms with van der Waals surface area (Å²) >= 11 is 0. The topological polar surface area (TPSA) is 62.5 Å². The molecule has 0 saturated carbocycles. The third-order valence-corrected chi connectivity index (χ3v) is 5.21. The molecule has 4 rings (SSSR count). The number of phenolic OH excluding ortho intramolecular Hbond substituents is 2. The maximum atomic E-state index is 14.2. The van der Waals surface area contributed by atoms with Gasteiger partial charge in [-0.2, -0.15) is 0 Å². The van der Waals surface area contributed by atoms with Gasteiger partial charge in [0.25, 0.3) is 5.56 Å². The van der Waals surface area contributed by atoms with Gasteiger partial charge < -0.3 is 14.8 Å². The van der Waals surface area contributed by atoms with Crippen LogP contribution in [0.3, 0.4) is 0 Å². The molecule has 0 aliphatic heterocycles. The molecule has 0 aliphatic carbocycles. The first-order valence-electron chi connectivity index (χ1n) is 9.31. The standard InChI is InChI=1S/C24H20FNO3/c1-15-19(11-17-9-5-6-10-20(17)25)24(29)26(14-16-7-3-2-4-8-16)21-12-18(27)13-22(28)23(15)21/h2-10,12-13,27-28H,11,14H2,1H3. The number of benzene rings is 3. The Kier molecular flexibility index (Phi) is 4.80. The number of halogens is 1. The summed E-state index contributed by atoms with van der Waals surface area (Å²) in [6, 6.07) is 18.5.